The van der Waals surface area contributed by atoms with E-state index in [4.69, 9.17) is 24.2 Å². The van der Waals surface area contributed by atoms with Crippen LogP contribution in [0.4, 0.5) is 15.0 Å². The summed E-state index contributed by atoms with van der Waals surface area (Å²) in [6, 6.07) is 1.76. The molecule has 0 saturated carbocycles. The van der Waals surface area contributed by atoms with Crippen molar-refractivity contribution >= 4 is 47.7 Å². The number of carbonyl (C=O) groups is 1. The quantitative estimate of drug-likeness (QED) is 0.553. The van der Waals surface area contributed by atoms with Crippen LogP contribution in [0.5, 0.6) is 0 Å². The molecule has 2 radical (unpaired) electrons. The van der Waals surface area contributed by atoms with E-state index in [1.54, 1.807) is 17.9 Å². The fourth-order valence-corrected chi connectivity index (χ4v) is 3.16. The average Bonchev–Trinajstić information content (AvgIpc) is 2.59. The SMILES string of the molecule is [B]c1c(C)cc2c(N3CCN(C(=O)OC(C)(C)C)CC3)nc(Cl)nc2c1F. The number of ether oxygens (including phenoxy) is 1. The highest BCUT2D eigenvalue weighted by atomic mass is 35.5. The summed E-state index contributed by atoms with van der Waals surface area (Å²) >= 11 is 6.02. The number of nitrogens with zero attached hydrogens (tertiary/aromatic N) is 4. The fraction of sp³-hybridized carbons (Fsp3) is 0.500. The van der Waals surface area contributed by atoms with Crippen molar-refractivity contribution in [1.82, 2.24) is 14.9 Å². The number of amides is 1. The fourth-order valence-electron chi connectivity index (χ4n) is 2.99. The van der Waals surface area contributed by atoms with E-state index in [2.05, 4.69) is 9.97 Å². The van der Waals surface area contributed by atoms with Gasteiger partial charge in [-0.05, 0) is 45.4 Å². The first kappa shape index (κ1) is 19.7. The highest BCUT2D eigenvalue weighted by Crippen LogP contribution is 2.28. The molecule has 1 aliphatic rings. The molecule has 0 spiro atoms. The first-order valence-corrected chi connectivity index (χ1v) is 9.09. The Morgan fingerprint density at radius 2 is 1.89 bits per heavy atom. The smallest absolute Gasteiger partial charge is 0.410 e. The standard InChI is InChI=1S/C18H21BClFN4O2/c1-10-9-11-14(13(21)12(10)19)22-16(20)23-15(11)24-5-7-25(8-6-24)17(26)27-18(2,3)4/h9H,5-8H2,1-4H3. The minimum atomic E-state index is -0.594. The molecule has 6 nitrogen and oxygen atoms in total. The lowest BCUT2D eigenvalue weighted by atomic mass is 9.89. The first-order valence-electron chi connectivity index (χ1n) is 8.71. The van der Waals surface area contributed by atoms with Crippen molar-refractivity contribution in [2.75, 3.05) is 31.1 Å². The van der Waals surface area contributed by atoms with Crippen molar-refractivity contribution in [2.24, 2.45) is 0 Å². The van der Waals surface area contributed by atoms with E-state index in [1.165, 1.54) is 0 Å². The predicted molar refractivity (Wildman–Crippen MR) is 105 cm³/mol. The Kier molecular flexibility index (Phi) is 5.21. The monoisotopic (exact) mass is 390 g/mol. The molecule has 9 heteroatoms. The third-order valence-electron chi connectivity index (χ3n) is 4.36. The molecule has 1 fully saturated rings. The maximum absolute atomic E-state index is 14.5. The Bertz CT molecular complexity index is 895. The molecule has 0 bridgehead atoms. The van der Waals surface area contributed by atoms with Crippen LogP contribution < -0.4 is 10.4 Å². The number of rotatable bonds is 1. The molecule has 1 aromatic heterocycles. The van der Waals surface area contributed by atoms with Crippen LogP contribution in [0.15, 0.2) is 6.07 Å². The summed E-state index contributed by atoms with van der Waals surface area (Å²) in [6.07, 6.45) is -0.345. The van der Waals surface area contributed by atoms with Crippen molar-refractivity contribution in [1.29, 1.82) is 0 Å². The summed E-state index contributed by atoms with van der Waals surface area (Å²) in [5, 5.41) is 0.503. The van der Waals surface area contributed by atoms with Crippen LogP contribution in [-0.4, -0.2) is 60.6 Å². The number of benzene rings is 1. The number of anilines is 1. The maximum atomic E-state index is 14.5. The van der Waals surface area contributed by atoms with Crippen LogP contribution in [0.3, 0.4) is 0 Å². The molecule has 0 atom stereocenters. The molecular weight excluding hydrogens is 369 g/mol. The topological polar surface area (TPSA) is 58.6 Å². The zero-order valence-electron chi connectivity index (χ0n) is 15.8. The van der Waals surface area contributed by atoms with Gasteiger partial charge in [0.05, 0.1) is 0 Å². The summed E-state index contributed by atoms with van der Waals surface area (Å²) in [7, 11) is 5.78. The molecule has 1 aromatic carbocycles. The van der Waals surface area contributed by atoms with E-state index in [0.717, 1.165) is 0 Å². The Morgan fingerprint density at radius 3 is 2.48 bits per heavy atom. The molecule has 1 aliphatic heterocycles. The second kappa shape index (κ2) is 7.15. The molecular formula is C18H21BClFN4O2. The number of aromatic nitrogens is 2. The lowest BCUT2D eigenvalue weighted by Gasteiger charge is -2.36. The lowest BCUT2D eigenvalue weighted by Crippen LogP contribution is -2.50. The Morgan fingerprint density at radius 1 is 1.26 bits per heavy atom. The van der Waals surface area contributed by atoms with Gasteiger partial charge in [0.15, 0.2) is 0 Å². The van der Waals surface area contributed by atoms with Crippen LogP contribution in [0.2, 0.25) is 5.28 Å². The van der Waals surface area contributed by atoms with Gasteiger partial charge in [0.1, 0.15) is 30.6 Å². The number of hydrogen-bond donors (Lipinski definition) is 0. The molecule has 2 aromatic rings. The molecule has 0 aliphatic carbocycles. The van der Waals surface area contributed by atoms with Crippen molar-refractivity contribution in [3.8, 4) is 0 Å². The van der Waals surface area contributed by atoms with E-state index in [9.17, 15) is 9.18 Å². The van der Waals surface area contributed by atoms with E-state index in [-0.39, 0.29) is 22.4 Å². The summed E-state index contributed by atoms with van der Waals surface area (Å²) in [6.45, 7) is 9.20. The van der Waals surface area contributed by atoms with Crippen LogP contribution in [0, 0.1) is 12.7 Å². The van der Waals surface area contributed by atoms with E-state index < -0.39 is 11.4 Å². The predicted octanol–water partition coefficient (Wildman–Crippen LogP) is 2.58. The van der Waals surface area contributed by atoms with E-state index in [0.29, 0.717) is 42.9 Å². The number of carbonyl (C=O) groups excluding carboxylic acids is 1. The largest absolute Gasteiger partial charge is 0.444 e. The minimum absolute atomic E-state index is 0.0470. The summed E-state index contributed by atoms with van der Waals surface area (Å²) in [4.78, 5) is 24.1. The van der Waals surface area contributed by atoms with Gasteiger partial charge in [0.25, 0.3) is 0 Å². The summed E-state index contributed by atoms with van der Waals surface area (Å²) in [5.74, 6) is -0.0567. The van der Waals surface area contributed by atoms with Crippen LogP contribution in [-0.2, 0) is 4.74 Å². The molecule has 0 unspecified atom stereocenters. The maximum Gasteiger partial charge on any atom is 0.410 e. The number of hydrogen-bond acceptors (Lipinski definition) is 5. The zero-order chi connectivity index (χ0) is 19.9. The highest BCUT2D eigenvalue weighted by Gasteiger charge is 2.27. The Hall–Kier alpha value is -2.09. The molecule has 0 N–H and O–H groups in total. The van der Waals surface area contributed by atoms with Gasteiger partial charge in [-0.15, -0.1) is 0 Å². The molecule has 27 heavy (non-hydrogen) atoms. The first-order chi connectivity index (χ1) is 12.6. The van der Waals surface area contributed by atoms with Gasteiger partial charge in [0.2, 0.25) is 5.28 Å². The average molecular weight is 391 g/mol. The van der Waals surface area contributed by atoms with Crippen LogP contribution >= 0.6 is 11.6 Å². The van der Waals surface area contributed by atoms with E-state index >= 15 is 0 Å². The minimum Gasteiger partial charge on any atom is -0.444 e. The molecule has 2 heterocycles. The van der Waals surface area contributed by atoms with Crippen LogP contribution in [0.25, 0.3) is 10.9 Å². The van der Waals surface area contributed by atoms with Crippen molar-refractivity contribution in [3.63, 3.8) is 0 Å². The summed E-state index contributed by atoms with van der Waals surface area (Å²) < 4.78 is 20.0. The van der Waals surface area contributed by atoms with Gasteiger partial charge in [0, 0.05) is 31.6 Å². The molecule has 142 valence electrons. The number of halogens is 2. The Labute approximate surface area is 164 Å². The normalized spacial score (nSPS) is 15.3. The number of fused-ring (bicyclic) bond motifs is 1. The van der Waals surface area contributed by atoms with Gasteiger partial charge in [-0.1, -0.05) is 11.0 Å². The number of aryl methyl sites for hydroxylation is 1. The van der Waals surface area contributed by atoms with Gasteiger partial charge in [-0.3, -0.25) is 0 Å². The Balaban J connectivity index is 1.86. The van der Waals surface area contributed by atoms with Crippen molar-refractivity contribution in [2.45, 2.75) is 33.3 Å². The van der Waals surface area contributed by atoms with Gasteiger partial charge >= 0.3 is 6.09 Å². The van der Waals surface area contributed by atoms with Crippen molar-refractivity contribution in [3.05, 3.63) is 22.7 Å². The summed E-state index contributed by atoms with van der Waals surface area (Å²) in [5.41, 5.74) is 0.222. The van der Waals surface area contributed by atoms with E-state index in [1.807, 2.05) is 25.7 Å². The van der Waals surface area contributed by atoms with Crippen molar-refractivity contribution < 1.29 is 13.9 Å². The zero-order valence-corrected chi connectivity index (χ0v) is 16.6. The molecule has 3 rings (SSSR count). The highest BCUT2D eigenvalue weighted by molar-refractivity contribution is 6.34. The lowest BCUT2D eigenvalue weighted by molar-refractivity contribution is 0.0240. The van der Waals surface area contributed by atoms with Crippen LogP contribution in [0.1, 0.15) is 26.3 Å². The van der Waals surface area contributed by atoms with Gasteiger partial charge < -0.3 is 14.5 Å². The van der Waals surface area contributed by atoms with Gasteiger partial charge in [-0.25, -0.2) is 14.2 Å². The second-order valence-corrected chi connectivity index (χ2v) is 7.93. The third kappa shape index (κ3) is 4.10. The molecule has 1 amide bonds. The molecule has 1 saturated heterocycles. The second-order valence-electron chi connectivity index (χ2n) is 7.59. The number of piperazine rings is 1. The van der Waals surface area contributed by atoms with Gasteiger partial charge in [-0.2, -0.15) is 4.98 Å². The third-order valence-corrected chi connectivity index (χ3v) is 4.53.